The number of thioether (sulfide) groups is 1. The third-order valence-electron chi connectivity index (χ3n) is 3.69. The van der Waals surface area contributed by atoms with Crippen molar-refractivity contribution >= 4 is 17.7 Å². The van der Waals surface area contributed by atoms with E-state index in [1.807, 2.05) is 11.9 Å². The standard InChI is InChI=1S/C14H17FN6OS/c1-19-6-8-20(9-7-19)13(22)10-23-14-16-17-18-21(14)12-4-2-11(15)3-5-12/h2-5H,6-10H2,1H3. The average molecular weight is 336 g/mol. The van der Waals surface area contributed by atoms with E-state index in [-0.39, 0.29) is 17.5 Å². The Kier molecular flexibility index (Phi) is 4.87. The summed E-state index contributed by atoms with van der Waals surface area (Å²) in [6.45, 7) is 3.28. The van der Waals surface area contributed by atoms with Crippen LogP contribution in [-0.2, 0) is 4.79 Å². The van der Waals surface area contributed by atoms with Crippen LogP contribution >= 0.6 is 11.8 Å². The lowest BCUT2D eigenvalue weighted by molar-refractivity contribution is -0.129. The zero-order valence-corrected chi connectivity index (χ0v) is 13.5. The Labute approximate surface area is 137 Å². The fraction of sp³-hybridized carbons (Fsp3) is 0.429. The van der Waals surface area contributed by atoms with Gasteiger partial charge < -0.3 is 9.80 Å². The lowest BCUT2D eigenvalue weighted by Gasteiger charge is -2.32. The van der Waals surface area contributed by atoms with E-state index >= 15 is 0 Å². The van der Waals surface area contributed by atoms with Gasteiger partial charge in [-0.15, -0.1) is 5.10 Å². The Hall–Kier alpha value is -2.00. The third kappa shape index (κ3) is 3.85. The first-order chi connectivity index (χ1) is 11.1. The molecule has 2 heterocycles. The molecule has 2 aromatic rings. The van der Waals surface area contributed by atoms with Crippen molar-refractivity contribution in [3.05, 3.63) is 30.1 Å². The third-order valence-corrected chi connectivity index (χ3v) is 4.60. The molecule has 1 fully saturated rings. The number of benzene rings is 1. The fourth-order valence-corrected chi connectivity index (χ4v) is 3.08. The van der Waals surface area contributed by atoms with Crippen molar-refractivity contribution in [3.8, 4) is 5.69 Å². The Morgan fingerprint density at radius 2 is 1.91 bits per heavy atom. The Bertz CT molecular complexity index is 668. The predicted octanol–water partition coefficient (Wildman–Crippen LogP) is 0.667. The summed E-state index contributed by atoms with van der Waals surface area (Å²) in [5.74, 6) is 0.0451. The molecule has 1 aliphatic heterocycles. The fourth-order valence-electron chi connectivity index (χ4n) is 2.29. The van der Waals surface area contributed by atoms with E-state index in [1.54, 1.807) is 12.1 Å². The van der Waals surface area contributed by atoms with Crippen LogP contribution in [0.2, 0.25) is 0 Å². The molecule has 0 N–H and O–H groups in total. The zero-order valence-electron chi connectivity index (χ0n) is 12.7. The van der Waals surface area contributed by atoms with E-state index in [0.29, 0.717) is 10.8 Å². The van der Waals surface area contributed by atoms with Gasteiger partial charge in [-0.05, 0) is 41.7 Å². The first-order valence-electron chi connectivity index (χ1n) is 7.27. The molecule has 122 valence electrons. The SMILES string of the molecule is CN1CCN(C(=O)CSc2nnnn2-c2ccc(F)cc2)CC1. The van der Waals surface area contributed by atoms with Crippen LogP contribution in [0.5, 0.6) is 0 Å². The highest BCUT2D eigenvalue weighted by Crippen LogP contribution is 2.19. The van der Waals surface area contributed by atoms with E-state index in [4.69, 9.17) is 0 Å². The molecule has 1 aliphatic rings. The van der Waals surface area contributed by atoms with Gasteiger partial charge >= 0.3 is 0 Å². The minimum Gasteiger partial charge on any atom is -0.339 e. The number of aromatic nitrogens is 4. The molecule has 0 saturated carbocycles. The maximum absolute atomic E-state index is 13.0. The van der Waals surface area contributed by atoms with Crippen molar-refractivity contribution in [2.24, 2.45) is 0 Å². The molecular weight excluding hydrogens is 319 g/mol. The van der Waals surface area contributed by atoms with Gasteiger partial charge in [-0.3, -0.25) is 4.79 Å². The van der Waals surface area contributed by atoms with Gasteiger partial charge in [0.1, 0.15) is 5.82 Å². The first-order valence-corrected chi connectivity index (χ1v) is 8.25. The van der Waals surface area contributed by atoms with E-state index in [0.717, 1.165) is 26.2 Å². The topological polar surface area (TPSA) is 67.2 Å². The van der Waals surface area contributed by atoms with Crippen molar-refractivity contribution < 1.29 is 9.18 Å². The summed E-state index contributed by atoms with van der Waals surface area (Å²) >= 11 is 1.28. The average Bonchev–Trinajstić information content (AvgIpc) is 3.02. The van der Waals surface area contributed by atoms with Gasteiger partial charge in [0.05, 0.1) is 11.4 Å². The van der Waals surface area contributed by atoms with Crippen LogP contribution in [0.4, 0.5) is 4.39 Å². The molecule has 3 rings (SSSR count). The maximum atomic E-state index is 13.0. The molecule has 0 unspecified atom stereocenters. The lowest BCUT2D eigenvalue weighted by Crippen LogP contribution is -2.47. The van der Waals surface area contributed by atoms with Gasteiger partial charge in [-0.25, -0.2) is 4.39 Å². The van der Waals surface area contributed by atoms with Gasteiger partial charge in [0.25, 0.3) is 0 Å². The van der Waals surface area contributed by atoms with Gasteiger partial charge in [0, 0.05) is 26.2 Å². The maximum Gasteiger partial charge on any atom is 0.233 e. The summed E-state index contributed by atoms with van der Waals surface area (Å²) in [5, 5.41) is 12.0. The summed E-state index contributed by atoms with van der Waals surface area (Å²) in [7, 11) is 2.05. The minimum absolute atomic E-state index is 0.0803. The van der Waals surface area contributed by atoms with E-state index in [1.165, 1.54) is 28.6 Å². The monoisotopic (exact) mass is 336 g/mol. The molecule has 9 heteroatoms. The Morgan fingerprint density at radius 1 is 1.22 bits per heavy atom. The van der Waals surface area contributed by atoms with Crippen LogP contribution in [0.1, 0.15) is 0 Å². The number of piperazine rings is 1. The van der Waals surface area contributed by atoms with E-state index in [9.17, 15) is 9.18 Å². The number of carbonyl (C=O) groups is 1. The number of amides is 1. The Morgan fingerprint density at radius 3 is 2.61 bits per heavy atom. The molecule has 0 bridgehead atoms. The van der Waals surface area contributed by atoms with Gasteiger partial charge in [0.15, 0.2) is 0 Å². The molecular formula is C14H17FN6OS. The highest BCUT2D eigenvalue weighted by Gasteiger charge is 2.20. The normalized spacial score (nSPS) is 15.8. The number of nitrogens with zero attached hydrogens (tertiary/aromatic N) is 6. The summed E-state index contributed by atoms with van der Waals surface area (Å²) in [5.41, 5.74) is 0.658. The lowest BCUT2D eigenvalue weighted by atomic mass is 10.3. The molecule has 0 aliphatic carbocycles. The summed E-state index contributed by atoms with van der Waals surface area (Å²) in [6, 6.07) is 5.89. The molecule has 0 atom stereocenters. The van der Waals surface area contributed by atoms with Gasteiger partial charge in [0.2, 0.25) is 11.1 Å². The number of hydrogen-bond acceptors (Lipinski definition) is 6. The molecule has 0 radical (unpaired) electrons. The quantitative estimate of drug-likeness (QED) is 0.765. The first kappa shape index (κ1) is 15.9. The minimum atomic E-state index is -0.318. The van der Waals surface area contributed by atoms with Gasteiger partial charge in [-0.1, -0.05) is 11.8 Å². The van der Waals surface area contributed by atoms with Crippen LogP contribution in [0.15, 0.2) is 29.4 Å². The molecule has 0 spiro atoms. The highest BCUT2D eigenvalue weighted by molar-refractivity contribution is 7.99. The van der Waals surface area contributed by atoms with Crippen LogP contribution in [0.25, 0.3) is 5.69 Å². The highest BCUT2D eigenvalue weighted by atomic mass is 32.2. The van der Waals surface area contributed by atoms with Crippen LogP contribution in [0, 0.1) is 5.82 Å². The van der Waals surface area contributed by atoms with Gasteiger partial charge in [-0.2, -0.15) is 4.68 Å². The molecule has 1 amide bonds. The number of tetrazole rings is 1. The largest absolute Gasteiger partial charge is 0.339 e. The number of halogens is 1. The van der Waals surface area contributed by atoms with E-state index in [2.05, 4.69) is 20.4 Å². The smallest absolute Gasteiger partial charge is 0.233 e. The number of carbonyl (C=O) groups excluding carboxylic acids is 1. The molecule has 1 saturated heterocycles. The Balaban J connectivity index is 1.62. The second-order valence-corrected chi connectivity index (χ2v) is 6.26. The van der Waals surface area contributed by atoms with Crippen molar-refractivity contribution in [1.82, 2.24) is 30.0 Å². The van der Waals surface area contributed by atoms with Crippen molar-refractivity contribution in [2.75, 3.05) is 39.0 Å². The predicted molar refractivity (Wildman–Crippen MR) is 83.9 cm³/mol. The van der Waals surface area contributed by atoms with Crippen LogP contribution < -0.4 is 0 Å². The number of hydrogen-bond donors (Lipinski definition) is 0. The molecule has 23 heavy (non-hydrogen) atoms. The molecule has 1 aromatic carbocycles. The molecule has 7 nitrogen and oxygen atoms in total. The number of likely N-dealkylation sites (N-methyl/N-ethyl adjacent to an activating group) is 1. The van der Waals surface area contributed by atoms with E-state index < -0.39 is 0 Å². The van der Waals surface area contributed by atoms with Crippen LogP contribution in [0.3, 0.4) is 0 Å². The second-order valence-electron chi connectivity index (χ2n) is 5.32. The summed E-state index contributed by atoms with van der Waals surface area (Å²) in [6.07, 6.45) is 0. The van der Waals surface area contributed by atoms with Crippen LogP contribution in [-0.4, -0.2) is 74.9 Å². The summed E-state index contributed by atoms with van der Waals surface area (Å²) in [4.78, 5) is 16.3. The summed E-state index contributed by atoms with van der Waals surface area (Å²) < 4.78 is 14.5. The van der Waals surface area contributed by atoms with Crippen molar-refractivity contribution in [2.45, 2.75) is 5.16 Å². The zero-order chi connectivity index (χ0) is 16.2. The number of rotatable bonds is 4. The van der Waals surface area contributed by atoms with Crippen molar-refractivity contribution in [1.29, 1.82) is 0 Å². The second kappa shape index (κ2) is 7.05. The molecule has 1 aromatic heterocycles. The van der Waals surface area contributed by atoms with Crippen molar-refractivity contribution in [3.63, 3.8) is 0 Å².